The smallest absolute Gasteiger partial charge is 0.120 e. The molecule has 0 spiro atoms. The minimum Gasteiger partial charge on any atom is -0.412 e. The summed E-state index contributed by atoms with van der Waals surface area (Å²) in [6.07, 6.45) is 0. The zero-order valence-corrected chi connectivity index (χ0v) is 7.83. The molecular formula is C11H14O2. The molecule has 1 aromatic rings. The Hall–Kier alpha value is -1.30. The Bertz CT molecular complexity index is 298. The predicted octanol–water partition coefficient (Wildman–Crippen LogP) is 0.984. The van der Waals surface area contributed by atoms with E-state index in [4.69, 9.17) is 0 Å². The minimum atomic E-state index is -0.907. The first kappa shape index (κ1) is 11.7. The lowest BCUT2D eigenvalue weighted by Crippen LogP contribution is -2.14. The fourth-order valence-corrected chi connectivity index (χ4v) is 0.747. The summed E-state index contributed by atoms with van der Waals surface area (Å²) >= 11 is 0. The van der Waals surface area contributed by atoms with Crippen molar-refractivity contribution in [2.24, 2.45) is 0 Å². The topological polar surface area (TPSA) is 51.7 Å². The van der Waals surface area contributed by atoms with Crippen LogP contribution in [0.4, 0.5) is 0 Å². The molecule has 0 unspecified atom stereocenters. The number of aliphatic hydroxyl groups is 1. The summed E-state index contributed by atoms with van der Waals surface area (Å²) in [6.45, 7) is 3.34. The van der Waals surface area contributed by atoms with Crippen molar-refractivity contribution in [2.75, 3.05) is 0 Å². The lowest BCUT2D eigenvalue weighted by molar-refractivity contribution is 0.143. The van der Waals surface area contributed by atoms with E-state index in [0.717, 1.165) is 5.56 Å². The second-order valence-corrected chi connectivity index (χ2v) is 3.18. The Morgan fingerprint density at radius 3 is 2.15 bits per heavy atom. The van der Waals surface area contributed by atoms with Crippen LogP contribution < -0.4 is 0 Å². The van der Waals surface area contributed by atoms with E-state index in [1.807, 2.05) is 30.3 Å². The summed E-state index contributed by atoms with van der Waals surface area (Å²) in [5.41, 5.74) is 0.0233. The maximum absolute atomic E-state index is 9.31. The predicted molar refractivity (Wildman–Crippen MR) is 53.2 cm³/mol. The lowest BCUT2D eigenvalue weighted by Gasteiger charge is -2.05. The highest BCUT2D eigenvalue weighted by Crippen LogP contribution is 2.00. The number of benzene rings is 1. The molecule has 3 N–H and O–H groups in total. The molecule has 1 aromatic carbocycles. The largest absolute Gasteiger partial charge is 0.412 e. The molecule has 0 radical (unpaired) electrons. The van der Waals surface area contributed by atoms with Crippen molar-refractivity contribution in [3.8, 4) is 11.8 Å². The highest BCUT2D eigenvalue weighted by molar-refractivity contribution is 5.35. The lowest BCUT2D eigenvalue weighted by atomic mass is 10.1. The Kier molecular flexibility index (Phi) is 4.19. The van der Waals surface area contributed by atoms with Gasteiger partial charge < -0.3 is 10.6 Å². The number of rotatable bonds is 0. The van der Waals surface area contributed by atoms with Crippen molar-refractivity contribution >= 4 is 0 Å². The molecular weight excluding hydrogens is 164 g/mol. The van der Waals surface area contributed by atoms with E-state index in [0.29, 0.717) is 0 Å². The quantitative estimate of drug-likeness (QED) is 0.592. The SMILES string of the molecule is CC(C)(O)C#Cc1ccccc1.O. The molecule has 0 heterocycles. The molecule has 0 aliphatic heterocycles. The van der Waals surface area contributed by atoms with Gasteiger partial charge >= 0.3 is 0 Å². The van der Waals surface area contributed by atoms with Gasteiger partial charge in [0.1, 0.15) is 5.60 Å². The van der Waals surface area contributed by atoms with Crippen LogP contribution in [0.5, 0.6) is 0 Å². The van der Waals surface area contributed by atoms with Crippen molar-refractivity contribution in [1.29, 1.82) is 0 Å². The highest BCUT2D eigenvalue weighted by Gasteiger charge is 2.05. The molecule has 0 atom stereocenters. The van der Waals surface area contributed by atoms with E-state index in [2.05, 4.69) is 11.8 Å². The van der Waals surface area contributed by atoms with Gasteiger partial charge in [-0.15, -0.1) is 0 Å². The van der Waals surface area contributed by atoms with Crippen LogP contribution in [-0.4, -0.2) is 16.2 Å². The first-order chi connectivity index (χ1) is 5.58. The van der Waals surface area contributed by atoms with Crippen molar-refractivity contribution < 1.29 is 10.6 Å². The summed E-state index contributed by atoms with van der Waals surface area (Å²) < 4.78 is 0. The van der Waals surface area contributed by atoms with E-state index in [9.17, 15) is 5.11 Å². The third kappa shape index (κ3) is 5.02. The number of hydrogen-bond acceptors (Lipinski definition) is 1. The van der Waals surface area contributed by atoms with Crippen LogP contribution in [-0.2, 0) is 0 Å². The van der Waals surface area contributed by atoms with Crippen LogP contribution in [0.25, 0.3) is 0 Å². The maximum Gasteiger partial charge on any atom is 0.120 e. The van der Waals surface area contributed by atoms with Gasteiger partial charge in [0.2, 0.25) is 0 Å². The van der Waals surface area contributed by atoms with Crippen LogP contribution in [0.3, 0.4) is 0 Å². The molecule has 13 heavy (non-hydrogen) atoms. The molecule has 0 saturated heterocycles. The Balaban J connectivity index is 0.00000144. The summed E-state index contributed by atoms with van der Waals surface area (Å²) in [5, 5.41) is 9.31. The van der Waals surface area contributed by atoms with E-state index in [1.54, 1.807) is 13.8 Å². The van der Waals surface area contributed by atoms with E-state index in [-0.39, 0.29) is 5.48 Å². The van der Waals surface area contributed by atoms with Gasteiger partial charge in [-0.25, -0.2) is 0 Å². The zero-order valence-electron chi connectivity index (χ0n) is 7.83. The Morgan fingerprint density at radius 1 is 1.15 bits per heavy atom. The molecule has 0 fully saturated rings. The second-order valence-electron chi connectivity index (χ2n) is 3.18. The first-order valence-corrected chi connectivity index (χ1v) is 3.88. The molecule has 0 aliphatic carbocycles. The van der Waals surface area contributed by atoms with Gasteiger partial charge in [-0.05, 0) is 26.0 Å². The average molecular weight is 178 g/mol. The molecule has 2 nitrogen and oxygen atoms in total. The van der Waals surface area contributed by atoms with Gasteiger partial charge in [0.25, 0.3) is 0 Å². The number of hydrogen-bond donors (Lipinski definition) is 1. The minimum absolute atomic E-state index is 0. The average Bonchev–Trinajstić information content (AvgIpc) is 2.02. The highest BCUT2D eigenvalue weighted by atomic mass is 16.3. The van der Waals surface area contributed by atoms with E-state index < -0.39 is 5.60 Å². The summed E-state index contributed by atoms with van der Waals surface area (Å²) in [5.74, 6) is 5.63. The molecule has 2 heteroatoms. The monoisotopic (exact) mass is 178 g/mol. The second kappa shape index (κ2) is 4.66. The van der Waals surface area contributed by atoms with Crippen LogP contribution in [0.1, 0.15) is 19.4 Å². The van der Waals surface area contributed by atoms with Gasteiger partial charge in [0.05, 0.1) is 0 Å². The third-order valence-corrected chi connectivity index (χ3v) is 1.29. The third-order valence-electron chi connectivity index (χ3n) is 1.29. The molecule has 70 valence electrons. The zero-order chi connectivity index (χ0) is 9.03. The van der Waals surface area contributed by atoms with E-state index >= 15 is 0 Å². The van der Waals surface area contributed by atoms with Crippen LogP contribution in [0.15, 0.2) is 30.3 Å². The summed E-state index contributed by atoms with van der Waals surface area (Å²) in [6, 6.07) is 9.62. The summed E-state index contributed by atoms with van der Waals surface area (Å²) in [7, 11) is 0. The van der Waals surface area contributed by atoms with Gasteiger partial charge in [-0.1, -0.05) is 30.0 Å². The summed E-state index contributed by atoms with van der Waals surface area (Å²) in [4.78, 5) is 0. The van der Waals surface area contributed by atoms with Crippen molar-refractivity contribution in [3.63, 3.8) is 0 Å². The van der Waals surface area contributed by atoms with Gasteiger partial charge in [0.15, 0.2) is 0 Å². The fourth-order valence-electron chi connectivity index (χ4n) is 0.747. The van der Waals surface area contributed by atoms with Gasteiger partial charge in [-0.2, -0.15) is 0 Å². The maximum atomic E-state index is 9.31. The molecule has 0 saturated carbocycles. The van der Waals surface area contributed by atoms with E-state index in [1.165, 1.54) is 0 Å². The normalized spacial score (nSPS) is 9.46. The first-order valence-electron chi connectivity index (χ1n) is 3.88. The molecule has 0 amide bonds. The van der Waals surface area contributed by atoms with Crippen molar-refractivity contribution in [2.45, 2.75) is 19.4 Å². The molecule has 1 rings (SSSR count). The van der Waals surface area contributed by atoms with Crippen LogP contribution in [0.2, 0.25) is 0 Å². The standard InChI is InChI=1S/C11H12O.H2O/c1-11(2,12)9-8-10-6-4-3-5-7-10;/h3-7,12H,1-2H3;1H2. The van der Waals surface area contributed by atoms with Crippen molar-refractivity contribution in [3.05, 3.63) is 35.9 Å². The Morgan fingerprint density at radius 2 is 1.69 bits per heavy atom. The van der Waals surface area contributed by atoms with Crippen LogP contribution >= 0.6 is 0 Å². The molecule has 0 bridgehead atoms. The Labute approximate surface area is 78.5 Å². The van der Waals surface area contributed by atoms with Crippen molar-refractivity contribution in [1.82, 2.24) is 0 Å². The fraction of sp³-hybridized carbons (Fsp3) is 0.273. The van der Waals surface area contributed by atoms with Gasteiger partial charge in [-0.3, -0.25) is 0 Å². The molecule has 0 aromatic heterocycles. The molecule has 0 aliphatic rings. The van der Waals surface area contributed by atoms with Crippen LogP contribution in [0, 0.1) is 11.8 Å². The van der Waals surface area contributed by atoms with Gasteiger partial charge in [0, 0.05) is 5.56 Å².